The molecule has 3 nitrogen and oxygen atoms in total. The predicted octanol–water partition coefficient (Wildman–Crippen LogP) is 2.71. The summed E-state index contributed by atoms with van der Waals surface area (Å²) < 4.78 is 5.51. The molecule has 1 aromatic heterocycles. The van der Waals surface area contributed by atoms with Crippen molar-refractivity contribution in [3.63, 3.8) is 0 Å². The number of aryl methyl sites for hydroxylation is 1. The molecule has 0 saturated carbocycles. The van der Waals surface area contributed by atoms with E-state index in [4.69, 9.17) is 4.42 Å². The minimum Gasteiger partial charge on any atom is -0.445 e. The Hall–Kier alpha value is -1.90. The minimum absolute atomic E-state index is 0.0863. The highest BCUT2D eigenvalue weighted by Gasteiger charge is 2.06. The van der Waals surface area contributed by atoms with Crippen LogP contribution in [0, 0.1) is 6.92 Å². The quantitative estimate of drug-likeness (QED) is 0.809. The van der Waals surface area contributed by atoms with Gasteiger partial charge in [0.1, 0.15) is 11.5 Å². The summed E-state index contributed by atoms with van der Waals surface area (Å²) in [5, 5.41) is 0. The van der Waals surface area contributed by atoms with Crippen LogP contribution in [-0.4, -0.2) is 10.8 Å². The van der Waals surface area contributed by atoms with Crippen LogP contribution in [0.15, 0.2) is 34.9 Å². The summed E-state index contributed by atoms with van der Waals surface area (Å²) in [7, 11) is 0. The van der Waals surface area contributed by atoms with E-state index in [9.17, 15) is 4.79 Å². The van der Waals surface area contributed by atoms with Crippen LogP contribution in [0.25, 0.3) is 0 Å². The van der Waals surface area contributed by atoms with Crippen molar-refractivity contribution in [3.8, 4) is 0 Å². The molecular formula is C14H15NO2. The zero-order chi connectivity index (χ0) is 12.3. The molecule has 0 spiro atoms. The molecule has 2 aromatic rings. The van der Waals surface area contributed by atoms with Gasteiger partial charge in [-0.1, -0.05) is 29.8 Å². The normalized spacial score (nSPS) is 10.5. The van der Waals surface area contributed by atoms with Gasteiger partial charge in [-0.05, 0) is 19.4 Å². The lowest BCUT2D eigenvalue weighted by Crippen LogP contribution is -1.93. The lowest BCUT2D eigenvalue weighted by atomic mass is 10.1. The minimum atomic E-state index is 0.0863. The first-order chi connectivity index (χ1) is 8.13. The Morgan fingerprint density at radius 1 is 1.41 bits per heavy atom. The van der Waals surface area contributed by atoms with E-state index in [1.165, 1.54) is 11.1 Å². The van der Waals surface area contributed by atoms with Crippen LogP contribution >= 0.6 is 0 Å². The SMILES string of the molecule is CC(=O)Cc1cnc(Cc2cccc(C)c2)o1. The van der Waals surface area contributed by atoms with Crippen molar-refractivity contribution in [2.75, 3.05) is 0 Å². The molecule has 0 aliphatic rings. The van der Waals surface area contributed by atoms with Crippen LogP contribution < -0.4 is 0 Å². The van der Waals surface area contributed by atoms with E-state index in [2.05, 4.69) is 24.0 Å². The number of carbonyl (C=O) groups excluding carboxylic acids is 1. The second-order valence-corrected chi connectivity index (χ2v) is 4.26. The number of rotatable bonds is 4. The molecule has 0 atom stereocenters. The van der Waals surface area contributed by atoms with Gasteiger partial charge in [-0.25, -0.2) is 4.98 Å². The van der Waals surface area contributed by atoms with Gasteiger partial charge in [0, 0.05) is 6.42 Å². The van der Waals surface area contributed by atoms with Crippen molar-refractivity contribution < 1.29 is 9.21 Å². The van der Waals surface area contributed by atoms with E-state index in [1.54, 1.807) is 13.1 Å². The molecule has 88 valence electrons. The van der Waals surface area contributed by atoms with Crippen molar-refractivity contribution in [1.29, 1.82) is 0 Å². The number of oxazole rings is 1. The maximum absolute atomic E-state index is 10.9. The number of hydrogen-bond acceptors (Lipinski definition) is 3. The first kappa shape index (κ1) is 11.6. The Morgan fingerprint density at radius 2 is 2.24 bits per heavy atom. The van der Waals surface area contributed by atoms with E-state index in [1.807, 2.05) is 12.1 Å². The maximum Gasteiger partial charge on any atom is 0.198 e. The zero-order valence-electron chi connectivity index (χ0n) is 10.1. The number of ketones is 1. The zero-order valence-corrected chi connectivity index (χ0v) is 10.1. The Balaban J connectivity index is 2.08. The van der Waals surface area contributed by atoms with Crippen LogP contribution in [0.5, 0.6) is 0 Å². The molecule has 0 radical (unpaired) electrons. The number of aromatic nitrogens is 1. The van der Waals surface area contributed by atoms with E-state index in [0.717, 1.165) is 0 Å². The third kappa shape index (κ3) is 3.28. The standard InChI is InChI=1S/C14H15NO2/c1-10-4-3-5-12(6-10)8-14-15-9-13(17-14)7-11(2)16/h3-6,9H,7-8H2,1-2H3. The number of carbonyl (C=O) groups is 1. The van der Waals surface area contributed by atoms with Crippen LogP contribution in [0.3, 0.4) is 0 Å². The summed E-state index contributed by atoms with van der Waals surface area (Å²) in [5.74, 6) is 1.38. The molecule has 0 bridgehead atoms. The summed E-state index contributed by atoms with van der Waals surface area (Å²) in [4.78, 5) is 15.1. The second-order valence-electron chi connectivity index (χ2n) is 4.26. The Labute approximate surface area is 100 Å². The summed E-state index contributed by atoms with van der Waals surface area (Å²) in [5.41, 5.74) is 2.39. The van der Waals surface area contributed by atoms with Crippen LogP contribution in [0.2, 0.25) is 0 Å². The number of nitrogens with zero attached hydrogens (tertiary/aromatic N) is 1. The summed E-state index contributed by atoms with van der Waals surface area (Å²) in [6.07, 6.45) is 2.62. The van der Waals surface area contributed by atoms with E-state index in [0.29, 0.717) is 24.5 Å². The fourth-order valence-corrected chi connectivity index (χ4v) is 1.75. The average Bonchev–Trinajstić information content (AvgIpc) is 2.64. The molecule has 0 N–H and O–H groups in total. The summed E-state index contributed by atoms with van der Waals surface area (Å²) in [6.45, 7) is 3.60. The molecule has 0 saturated heterocycles. The Morgan fingerprint density at radius 3 is 2.94 bits per heavy atom. The fraction of sp³-hybridized carbons (Fsp3) is 0.286. The summed E-state index contributed by atoms with van der Waals surface area (Å²) >= 11 is 0. The third-order valence-electron chi connectivity index (χ3n) is 2.46. The van der Waals surface area contributed by atoms with Crippen LogP contribution in [0.1, 0.15) is 29.7 Å². The van der Waals surface area contributed by atoms with Crippen molar-refractivity contribution in [2.24, 2.45) is 0 Å². The molecule has 17 heavy (non-hydrogen) atoms. The number of Topliss-reactive ketones (excluding diaryl/α,β-unsaturated/α-hetero) is 1. The van der Waals surface area contributed by atoms with Crippen molar-refractivity contribution >= 4 is 5.78 Å². The molecule has 1 aromatic carbocycles. The van der Waals surface area contributed by atoms with E-state index >= 15 is 0 Å². The fourth-order valence-electron chi connectivity index (χ4n) is 1.75. The third-order valence-corrected chi connectivity index (χ3v) is 2.46. The highest BCUT2D eigenvalue weighted by Crippen LogP contribution is 2.12. The van der Waals surface area contributed by atoms with Gasteiger partial charge >= 0.3 is 0 Å². The molecular weight excluding hydrogens is 214 g/mol. The van der Waals surface area contributed by atoms with Crippen molar-refractivity contribution in [3.05, 3.63) is 53.2 Å². The van der Waals surface area contributed by atoms with Gasteiger partial charge in [0.05, 0.1) is 12.6 Å². The lowest BCUT2D eigenvalue weighted by Gasteiger charge is -1.98. The Bertz CT molecular complexity index is 529. The van der Waals surface area contributed by atoms with Gasteiger partial charge in [0.25, 0.3) is 0 Å². The van der Waals surface area contributed by atoms with E-state index in [-0.39, 0.29) is 5.78 Å². The summed E-state index contributed by atoms with van der Waals surface area (Å²) in [6, 6.07) is 8.22. The molecule has 0 aliphatic heterocycles. The monoisotopic (exact) mass is 229 g/mol. The average molecular weight is 229 g/mol. The van der Waals surface area contributed by atoms with Gasteiger partial charge in [-0.15, -0.1) is 0 Å². The van der Waals surface area contributed by atoms with Gasteiger partial charge in [0.15, 0.2) is 5.89 Å². The number of hydrogen-bond donors (Lipinski definition) is 0. The first-order valence-electron chi connectivity index (χ1n) is 5.62. The smallest absolute Gasteiger partial charge is 0.198 e. The molecule has 0 unspecified atom stereocenters. The molecule has 1 heterocycles. The van der Waals surface area contributed by atoms with Gasteiger partial charge in [0.2, 0.25) is 0 Å². The van der Waals surface area contributed by atoms with Gasteiger partial charge in [-0.3, -0.25) is 4.79 Å². The second kappa shape index (κ2) is 4.95. The molecule has 0 amide bonds. The highest BCUT2D eigenvalue weighted by atomic mass is 16.4. The highest BCUT2D eigenvalue weighted by molar-refractivity contribution is 5.77. The maximum atomic E-state index is 10.9. The topological polar surface area (TPSA) is 43.1 Å². The molecule has 2 rings (SSSR count). The molecule has 3 heteroatoms. The number of benzene rings is 1. The predicted molar refractivity (Wildman–Crippen MR) is 64.9 cm³/mol. The first-order valence-corrected chi connectivity index (χ1v) is 5.62. The molecule has 0 aliphatic carbocycles. The van der Waals surface area contributed by atoms with Crippen LogP contribution in [-0.2, 0) is 17.6 Å². The Kier molecular flexibility index (Phi) is 3.38. The molecule has 0 fully saturated rings. The van der Waals surface area contributed by atoms with E-state index < -0.39 is 0 Å². The van der Waals surface area contributed by atoms with Gasteiger partial charge < -0.3 is 4.42 Å². The van der Waals surface area contributed by atoms with Crippen molar-refractivity contribution in [1.82, 2.24) is 4.98 Å². The van der Waals surface area contributed by atoms with Crippen molar-refractivity contribution in [2.45, 2.75) is 26.7 Å². The van der Waals surface area contributed by atoms with Gasteiger partial charge in [-0.2, -0.15) is 0 Å². The van der Waals surface area contributed by atoms with Crippen LogP contribution in [0.4, 0.5) is 0 Å². The lowest BCUT2D eigenvalue weighted by molar-refractivity contribution is -0.116. The largest absolute Gasteiger partial charge is 0.445 e.